The molecule has 0 saturated carbocycles. The molecule has 0 spiro atoms. The zero-order valence-corrected chi connectivity index (χ0v) is 26.0. The number of hydrogen-bond acceptors (Lipinski definition) is 10. The van der Waals surface area contributed by atoms with Gasteiger partial charge in [0, 0.05) is 6.42 Å². The van der Waals surface area contributed by atoms with E-state index in [9.17, 15) is 32.5 Å². The molecule has 1 aliphatic heterocycles. The van der Waals surface area contributed by atoms with Gasteiger partial charge in [0.1, 0.15) is 29.9 Å². The summed E-state index contributed by atoms with van der Waals surface area (Å²) in [7, 11) is -5.15. The van der Waals surface area contributed by atoms with E-state index in [2.05, 4.69) is 43.4 Å². The second-order valence-electron chi connectivity index (χ2n) is 9.40. The van der Waals surface area contributed by atoms with E-state index in [1.807, 2.05) is 0 Å². The van der Waals surface area contributed by atoms with Crippen LogP contribution < -0.4 is 29.6 Å². The monoisotopic (exact) mass is 580 g/mol. The number of unbranched alkanes of at least 4 members (excludes halogenated alkanes) is 5. The SMILES string of the molecule is CCCCC/C=C\C/C=C\C/C=C\CCCCC(=O)OCC1(CO)COC(=O)CC(S(=O)(=O)[O-])C(=O)OC1.[Na+]. The van der Waals surface area contributed by atoms with Crippen LogP contribution in [0.1, 0.15) is 77.6 Å². The number of aliphatic hydroxyl groups excluding tert-OH is 1. The molecule has 0 radical (unpaired) electrons. The van der Waals surface area contributed by atoms with Crippen LogP contribution in [0.25, 0.3) is 0 Å². The fourth-order valence-electron chi connectivity index (χ4n) is 3.45. The second kappa shape index (κ2) is 21.3. The first-order valence-electron chi connectivity index (χ1n) is 13.1. The van der Waals surface area contributed by atoms with Crippen molar-refractivity contribution in [3.63, 3.8) is 0 Å². The number of esters is 3. The average molecular weight is 581 g/mol. The average Bonchev–Trinajstić information content (AvgIpc) is 2.94. The predicted octanol–water partition coefficient (Wildman–Crippen LogP) is 0.506. The van der Waals surface area contributed by atoms with E-state index in [-0.39, 0.29) is 36.0 Å². The van der Waals surface area contributed by atoms with Crippen molar-refractivity contribution < 1.29 is 76.2 Å². The Kier molecular flexibility index (Phi) is 20.5. The van der Waals surface area contributed by atoms with Gasteiger partial charge in [-0.1, -0.05) is 56.2 Å². The smallest absolute Gasteiger partial charge is 0.747 e. The van der Waals surface area contributed by atoms with E-state index in [1.165, 1.54) is 19.3 Å². The molecule has 0 aromatic rings. The van der Waals surface area contributed by atoms with E-state index >= 15 is 0 Å². The van der Waals surface area contributed by atoms with E-state index in [1.54, 1.807) is 0 Å². The van der Waals surface area contributed by atoms with Crippen molar-refractivity contribution in [2.24, 2.45) is 5.41 Å². The molecule has 1 saturated heterocycles. The van der Waals surface area contributed by atoms with Gasteiger partial charge in [0.2, 0.25) is 0 Å². The van der Waals surface area contributed by atoms with Gasteiger partial charge in [-0.15, -0.1) is 0 Å². The van der Waals surface area contributed by atoms with Crippen molar-refractivity contribution in [2.75, 3.05) is 26.4 Å². The van der Waals surface area contributed by atoms with Crippen LogP contribution in [0.15, 0.2) is 36.5 Å². The Morgan fingerprint density at radius 3 is 2.13 bits per heavy atom. The maximum Gasteiger partial charge on any atom is 1.00 e. The number of rotatable bonds is 17. The Balaban J connectivity index is 0.0000144. The second-order valence-corrected chi connectivity index (χ2v) is 11.0. The van der Waals surface area contributed by atoms with Crippen LogP contribution in [0.3, 0.4) is 0 Å². The molecule has 0 aromatic carbocycles. The predicted molar refractivity (Wildman–Crippen MR) is 140 cm³/mol. The first-order valence-corrected chi connectivity index (χ1v) is 14.6. The molecule has 216 valence electrons. The minimum Gasteiger partial charge on any atom is -0.747 e. The van der Waals surface area contributed by atoms with Gasteiger partial charge in [0.25, 0.3) is 0 Å². The largest absolute Gasteiger partial charge is 1.00 e. The van der Waals surface area contributed by atoms with Crippen LogP contribution in [0, 0.1) is 5.41 Å². The molecule has 1 rings (SSSR count). The summed E-state index contributed by atoms with van der Waals surface area (Å²) in [4.78, 5) is 36.0. The fraction of sp³-hybridized carbons (Fsp3) is 0.667. The Morgan fingerprint density at radius 1 is 1.00 bits per heavy atom. The third kappa shape index (κ3) is 17.0. The molecule has 39 heavy (non-hydrogen) atoms. The van der Waals surface area contributed by atoms with Crippen molar-refractivity contribution in [1.29, 1.82) is 0 Å². The van der Waals surface area contributed by atoms with Crippen molar-refractivity contribution in [1.82, 2.24) is 0 Å². The van der Waals surface area contributed by atoms with Gasteiger partial charge in [0.15, 0.2) is 5.25 Å². The molecule has 2 atom stereocenters. The summed E-state index contributed by atoms with van der Waals surface area (Å²) < 4.78 is 48.8. The summed E-state index contributed by atoms with van der Waals surface area (Å²) in [6.45, 7) is 0.0239. The Labute approximate surface area is 254 Å². The molecule has 2 unspecified atom stereocenters. The van der Waals surface area contributed by atoms with Gasteiger partial charge in [-0.3, -0.25) is 14.4 Å². The zero-order valence-electron chi connectivity index (χ0n) is 23.2. The number of cyclic esters (lactones) is 2. The Morgan fingerprint density at radius 2 is 1.56 bits per heavy atom. The molecule has 0 aliphatic carbocycles. The van der Waals surface area contributed by atoms with E-state index in [4.69, 9.17) is 14.2 Å². The number of carbonyl (C=O) groups is 3. The van der Waals surface area contributed by atoms with Crippen molar-refractivity contribution >= 4 is 28.0 Å². The first-order chi connectivity index (χ1) is 18.1. The normalized spacial score (nSPS) is 20.7. The van der Waals surface area contributed by atoms with Gasteiger partial charge in [-0.2, -0.15) is 0 Å². The van der Waals surface area contributed by atoms with E-state index in [0.29, 0.717) is 6.42 Å². The summed E-state index contributed by atoms with van der Waals surface area (Å²) in [5.74, 6) is -3.07. The maximum absolute atomic E-state index is 12.1. The molecular formula is C27H41NaO10S. The van der Waals surface area contributed by atoms with Gasteiger partial charge in [-0.25, -0.2) is 8.42 Å². The maximum atomic E-state index is 12.1. The molecular weight excluding hydrogens is 539 g/mol. The Bertz CT molecular complexity index is 929. The summed E-state index contributed by atoms with van der Waals surface area (Å²) in [6.07, 6.45) is 20.8. The van der Waals surface area contributed by atoms with Crippen molar-refractivity contribution in [2.45, 2.75) is 82.8 Å². The number of ether oxygens (including phenoxy) is 3. The minimum absolute atomic E-state index is 0. The van der Waals surface area contributed by atoms with Crippen LogP contribution in [-0.4, -0.2) is 67.7 Å². The molecule has 1 N–H and O–H groups in total. The Hall–Kier alpha value is -1.50. The molecule has 12 heteroatoms. The number of carbonyl (C=O) groups excluding carboxylic acids is 3. The van der Waals surface area contributed by atoms with Gasteiger partial charge < -0.3 is 23.9 Å². The molecule has 1 aliphatic rings. The number of allylic oxidation sites excluding steroid dienone is 6. The summed E-state index contributed by atoms with van der Waals surface area (Å²) >= 11 is 0. The van der Waals surface area contributed by atoms with Gasteiger partial charge in [-0.05, 0) is 44.9 Å². The summed E-state index contributed by atoms with van der Waals surface area (Å²) in [5.41, 5.74) is -1.47. The summed E-state index contributed by atoms with van der Waals surface area (Å²) in [5, 5.41) is 7.57. The quantitative estimate of drug-likeness (QED) is 0.0642. The van der Waals surface area contributed by atoms with Gasteiger partial charge >= 0.3 is 47.5 Å². The molecule has 0 amide bonds. The summed E-state index contributed by atoms with van der Waals surface area (Å²) in [6, 6.07) is 0. The number of hydrogen-bond donors (Lipinski definition) is 1. The minimum atomic E-state index is -5.15. The van der Waals surface area contributed by atoms with E-state index < -0.39 is 71.5 Å². The third-order valence-electron chi connectivity index (χ3n) is 5.92. The van der Waals surface area contributed by atoms with Crippen LogP contribution in [0.2, 0.25) is 0 Å². The van der Waals surface area contributed by atoms with Crippen molar-refractivity contribution in [3.8, 4) is 0 Å². The third-order valence-corrected chi connectivity index (χ3v) is 6.97. The van der Waals surface area contributed by atoms with Crippen LogP contribution in [-0.2, 0) is 38.7 Å². The zero-order chi connectivity index (χ0) is 28.3. The van der Waals surface area contributed by atoms with Crippen LogP contribution in [0.5, 0.6) is 0 Å². The molecule has 10 nitrogen and oxygen atoms in total. The number of aliphatic hydroxyl groups is 1. The standard InChI is InChI=1S/C27H42O10S.Na/c1-2-3-4-5-6-7-8-9-10-11-12-13-14-15-16-17-24(29)35-20-27(19-28)21-36-25(30)18-23(38(32,33)34)26(31)37-22-27;/h6-7,9-10,12-13,23,28H,2-5,8,11,14-22H2,1H3,(H,32,33,34);/q;+1/p-1/b7-6-,10-9-,13-12-;. The van der Waals surface area contributed by atoms with Crippen molar-refractivity contribution in [3.05, 3.63) is 36.5 Å². The first kappa shape index (κ1) is 37.5. The molecule has 0 aromatic heterocycles. The topological polar surface area (TPSA) is 156 Å². The van der Waals surface area contributed by atoms with E-state index in [0.717, 1.165) is 32.1 Å². The molecule has 1 heterocycles. The fourth-order valence-corrected chi connectivity index (χ4v) is 4.10. The molecule has 0 bridgehead atoms. The van der Waals surface area contributed by atoms with Crippen LogP contribution in [0.4, 0.5) is 0 Å². The van der Waals surface area contributed by atoms with Crippen LogP contribution >= 0.6 is 0 Å². The van der Waals surface area contributed by atoms with Gasteiger partial charge in [0.05, 0.1) is 18.4 Å². The molecule has 1 fully saturated rings.